The topological polar surface area (TPSA) is 88.1 Å². The lowest BCUT2D eigenvalue weighted by Gasteiger charge is -2.27. The Morgan fingerprint density at radius 2 is 1.72 bits per heavy atom. The molecular weight excluding hydrogens is 406 g/mol. The summed E-state index contributed by atoms with van der Waals surface area (Å²) in [7, 11) is 0. The summed E-state index contributed by atoms with van der Waals surface area (Å²) in [5.41, 5.74) is 4.39. The molecule has 7 heteroatoms. The second kappa shape index (κ2) is 7.96. The number of carbonyl (C=O) groups is 3. The Kier molecular flexibility index (Phi) is 4.84. The van der Waals surface area contributed by atoms with Crippen LogP contribution in [0.5, 0.6) is 5.75 Å². The lowest BCUT2D eigenvalue weighted by molar-refractivity contribution is 0.0893. The highest BCUT2D eigenvalue weighted by Crippen LogP contribution is 2.33. The Hall–Kier alpha value is -4.52. The SMILES string of the molecule is O=C(N/N=C/C1=CCC=C1)Oc1cccc(N2C(=O)c3cccc4cccc(c34)C2=O)c1. The third-order valence-electron chi connectivity index (χ3n) is 5.23. The Labute approximate surface area is 183 Å². The number of hydrogen-bond donors (Lipinski definition) is 1. The van der Waals surface area contributed by atoms with Crippen LogP contribution in [0, 0.1) is 0 Å². The molecular formula is C25H17N3O4. The molecule has 3 aromatic carbocycles. The molecule has 0 bridgehead atoms. The van der Waals surface area contributed by atoms with Crippen molar-refractivity contribution in [3.05, 3.63) is 95.6 Å². The standard InChI is InChI=1S/C25H17N3O4/c29-23-20-12-3-8-17-9-4-13-21(22(17)20)24(30)28(23)18-10-5-11-19(14-18)32-25(31)27-26-15-16-6-1-2-7-16/h1,3-15H,2H2,(H,27,31)/b26-15+. The van der Waals surface area contributed by atoms with Gasteiger partial charge >= 0.3 is 6.09 Å². The van der Waals surface area contributed by atoms with E-state index < -0.39 is 17.9 Å². The van der Waals surface area contributed by atoms with Crippen molar-refractivity contribution < 1.29 is 19.1 Å². The highest BCUT2D eigenvalue weighted by Gasteiger charge is 2.33. The number of hydrogen-bond acceptors (Lipinski definition) is 5. The summed E-state index contributed by atoms with van der Waals surface area (Å²) >= 11 is 0. The third kappa shape index (κ3) is 3.45. The molecule has 1 aliphatic carbocycles. The van der Waals surface area contributed by atoms with E-state index in [2.05, 4.69) is 10.5 Å². The molecule has 0 saturated carbocycles. The van der Waals surface area contributed by atoms with Gasteiger partial charge in [-0.1, -0.05) is 48.6 Å². The number of hydrazone groups is 1. The maximum absolute atomic E-state index is 13.2. The average molecular weight is 423 g/mol. The van der Waals surface area contributed by atoms with Gasteiger partial charge < -0.3 is 4.74 Å². The van der Waals surface area contributed by atoms with E-state index in [0.717, 1.165) is 22.3 Å². The Morgan fingerprint density at radius 3 is 2.41 bits per heavy atom. The molecule has 0 fully saturated rings. The second-order valence-corrected chi connectivity index (χ2v) is 7.25. The van der Waals surface area contributed by atoms with Gasteiger partial charge in [-0.05, 0) is 41.6 Å². The van der Waals surface area contributed by atoms with E-state index in [1.165, 1.54) is 12.3 Å². The first-order valence-corrected chi connectivity index (χ1v) is 10.00. The van der Waals surface area contributed by atoms with Gasteiger partial charge in [-0.15, -0.1) is 0 Å². The zero-order valence-corrected chi connectivity index (χ0v) is 16.8. The average Bonchev–Trinajstić information content (AvgIpc) is 3.31. The zero-order valence-electron chi connectivity index (χ0n) is 16.8. The van der Waals surface area contributed by atoms with Gasteiger partial charge in [0.25, 0.3) is 11.8 Å². The second-order valence-electron chi connectivity index (χ2n) is 7.25. The van der Waals surface area contributed by atoms with Crippen molar-refractivity contribution in [3.63, 3.8) is 0 Å². The van der Waals surface area contributed by atoms with Crippen LogP contribution in [0.1, 0.15) is 27.1 Å². The summed E-state index contributed by atoms with van der Waals surface area (Å²) in [6.45, 7) is 0. The van der Waals surface area contributed by atoms with E-state index in [4.69, 9.17) is 4.74 Å². The van der Waals surface area contributed by atoms with Gasteiger partial charge in [0.2, 0.25) is 0 Å². The maximum atomic E-state index is 13.2. The van der Waals surface area contributed by atoms with Crippen LogP contribution in [-0.4, -0.2) is 24.1 Å². The Bertz CT molecular complexity index is 1320. The van der Waals surface area contributed by atoms with Gasteiger partial charge in [0.15, 0.2) is 0 Å². The van der Waals surface area contributed by atoms with Crippen LogP contribution in [0.3, 0.4) is 0 Å². The first kappa shape index (κ1) is 19.4. The molecule has 0 spiro atoms. The highest BCUT2D eigenvalue weighted by atomic mass is 16.6. The predicted octanol–water partition coefficient (Wildman–Crippen LogP) is 4.60. The van der Waals surface area contributed by atoms with Crippen molar-refractivity contribution in [3.8, 4) is 5.75 Å². The monoisotopic (exact) mass is 423 g/mol. The molecule has 5 rings (SSSR count). The van der Waals surface area contributed by atoms with Gasteiger partial charge in [0, 0.05) is 22.6 Å². The van der Waals surface area contributed by atoms with Crippen molar-refractivity contribution in [2.45, 2.75) is 6.42 Å². The summed E-state index contributed by atoms with van der Waals surface area (Å²) in [5.74, 6) is -0.681. The fourth-order valence-corrected chi connectivity index (χ4v) is 3.81. The number of carbonyl (C=O) groups excluding carboxylic acids is 3. The molecule has 7 nitrogen and oxygen atoms in total. The quantitative estimate of drug-likeness (QED) is 0.377. The molecule has 0 unspecified atom stereocenters. The number of nitrogens with zero attached hydrogens (tertiary/aromatic N) is 2. The van der Waals surface area contributed by atoms with Crippen molar-refractivity contribution in [2.24, 2.45) is 5.10 Å². The van der Waals surface area contributed by atoms with Crippen LogP contribution in [0.2, 0.25) is 0 Å². The van der Waals surface area contributed by atoms with Crippen LogP contribution < -0.4 is 15.1 Å². The number of ether oxygens (including phenoxy) is 1. The molecule has 32 heavy (non-hydrogen) atoms. The van der Waals surface area contributed by atoms with Crippen molar-refractivity contribution in [1.29, 1.82) is 0 Å². The highest BCUT2D eigenvalue weighted by molar-refractivity contribution is 6.35. The number of amides is 3. The minimum Gasteiger partial charge on any atom is -0.409 e. The van der Waals surface area contributed by atoms with E-state index in [1.807, 2.05) is 30.4 Å². The third-order valence-corrected chi connectivity index (χ3v) is 5.23. The first-order chi connectivity index (χ1) is 15.6. The summed E-state index contributed by atoms with van der Waals surface area (Å²) in [5, 5.41) is 5.33. The number of rotatable bonds is 4. The lowest BCUT2D eigenvalue weighted by atomic mass is 9.94. The first-order valence-electron chi connectivity index (χ1n) is 10.00. The number of nitrogens with one attached hydrogen (secondary N) is 1. The van der Waals surface area contributed by atoms with Crippen molar-refractivity contribution >= 4 is 40.6 Å². The minimum absolute atomic E-state index is 0.174. The van der Waals surface area contributed by atoms with E-state index in [1.54, 1.807) is 42.5 Å². The summed E-state index contributed by atoms with van der Waals surface area (Å²) in [6.07, 6.45) is 7.41. The minimum atomic E-state index is -0.785. The summed E-state index contributed by atoms with van der Waals surface area (Å²) in [4.78, 5) is 39.5. The molecule has 0 saturated heterocycles. The molecule has 3 amide bonds. The van der Waals surface area contributed by atoms with Crippen molar-refractivity contribution in [1.82, 2.24) is 5.43 Å². The fraction of sp³-hybridized carbons (Fsp3) is 0.0400. The van der Waals surface area contributed by atoms with Crippen LogP contribution >= 0.6 is 0 Å². The van der Waals surface area contributed by atoms with Gasteiger partial charge in [-0.25, -0.2) is 15.1 Å². The number of imide groups is 1. The molecule has 156 valence electrons. The molecule has 0 atom stereocenters. The number of benzene rings is 3. The summed E-state index contributed by atoms with van der Waals surface area (Å²) < 4.78 is 5.26. The van der Waals surface area contributed by atoms with Gasteiger partial charge in [-0.2, -0.15) is 5.10 Å². The molecule has 1 aliphatic heterocycles. The largest absolute Gasteiger partial charge is 0.433 e. The van der Waals surface area contributed by atoms with Crippen LogP contribution in [0.25, 0.3) is 10.8 Å². The van der Waals surface area contributed by atoms with Crippen molar-refractivity contribution in [2.75, 3.05) is 4.90 Å². The molecule has 3 aromatic rings. The molecule has 1 heterocycles. The molecule has 1 N–H and O–H groups in total. The lowest BCUT2D eigenvalue weighted by Crippen LogP contribution is -2.40. The zero-order chi connectivity index (χ0) is 22.1. The molecule has 0 radical (unpaired) electrons. The predicted molar refractivity (Wildman–Crippen MR) is 121 cm³/mol. The Balaban J connectivity index is 1.38. The smallest absolute Gasteiger partial charge is 0.409 e. The van der Waals surface area contributed by atoms with Gasteiger partial charge in [0.1, 0.15) is 5.75 Å². The van der Waals surface area contributed by atoms with E-state index in [9.17, 15) is 14.4 Å². The number of anilines is 1. The van der Waals surface area contributed by atoms with E-state index in [-0.39, 0.29) is 5.75 Å². The van der Waals surface area contributed by atoms with Gasteiger partial charge in [0.05, 0.1) is 11.9 Å². The fourth-order valence-electron chi connectivity index (χ4n) is 3.81. The maximum Gasteiger partial charge on any atom is 0.433 e. The van der Waals surface area contributed by atoms with Crippen LogP contribution in [0.15, 0.2) is 89.6 Å². The summed E-state index contributed by atoms with van der Waals surface area (Å²) in [6, 6.07) is 17.0. The van der Waals surface area contributed by atoms with Crippen LogP contribution in [0.4, 0.5) is 10.5 Å². The van der Waals surface area contributed by atoms with Crippen LogP contribution in [-0.2, 0) is 0 Å². The molecule has 2 aliphatic rings. The van der Waals surface area contributed by atoms with E-state index in [0.29, 0.717) is 22.2 Å². The molecule has 0 aromatic heterocycles. The van der Waals surface area contributed by atoms with Gasteiger partial charge in [-0.3, -0.25) is 9.59 Å². The number of allylic oxidation sites excluding steroid dienone is 4. The Morgan fingerprint density at radius 1 is 1.00 bits per heavy atom. The normalized spacial score (nSPS) is 14.9. The van der Waals surface area contributed by atoms with E-state index >= 15 is 0 Å².